The summed E-state index contributed by atoms with van der Waals surface area (Å²) in [5, 5.41) is 7.48. The number of halogens is 2. The largest absolute Gasteiger partial charge is 0.334 e. The van der Waals surface area contributed by atoms with Crippen molar-refractivity contribution in [2.75, 3.05) is 26.2 Å². The van der Waals surface area contributed by atoms with E-state index in [-0.39, 0.29) is 47.2 Å². The zero-order valence-electron chi connectivity index (χ0n) is 16.9. The maximum absolute atomic E-state index is 12.9. The van der Waals surface area contributed by atoms with Crippen LogP contribution in [0.3, 0.4) is 0 Å². The summed E-state index contributed by atoms with van der Waals surface area (Å²) < 4.78 is 28.7. The van der Waals surface area contributed by atoms with E-state index in [1.54, 1.807) is 34.2 Å². The number of carbonyl (C=O) groups is 1. The quantitative estimate of drug-likeness (QED) is 0.587. The number of benzene rings is 1. The van der Waals surface area contributed by atoms with Crippen molar-refractivity contribution in [2.24, 2.45) is 0 Å². The summed E-state index contributed by atoms with van der Waals surface area (Å²) in [5.74, 6) is 0.655. The van der Waals surface area contributed by atoms with Crippen molar-refractivity contribution < 1.29 is 13.2 Å². The first-order chi connectivity index (χ1) is 15.3. The van der Waals surface area contributed by atoms with Gasteiger partial charge in [0.25, 0.3) is 0 Å². The van der Waals surface area contributed by atoms with Crippen molar-refractivity contribution in [1.82, 2.24) is 29.3 Å². The number of piperazine rings is 1. The summed E-state index contributed by atoms with van der Waals surface area (Å²) in [6.07, 6.45) is 5.11. The lowest BCUT2D eigenvalue weighted by Gasteiger charge is -2.34. The summed E-state index contributed by atoms with van der Waals surface area (Å²) in [6.45, 7) is 1.25. The molecule has 2 amide bonds. The molecular formula is C20H20Cl2N6O3S. The van der Waals surface area contributed by atoms with E-state index in [2.05, 4.69) is 15.4 Å². The topological polar surface area (TPSA) is 100 Å². The van der Waals surface area contributed by atoms with Crippen molar-refractivity contribution >= 4 is 39.3 Å². The van der Waals surface area contributed by atoms with Crippen LogP contribution in [0.25, 0.3) is 5.82 Å². The van der Waals surface area contributed by atoms with Gasteiger partial charge in [-0.05, 0) is 42.0 Å². The molecule has 3 heterocycles. The van der Waals surface area contributed by atoms with E-state index in [9.17, 15) is 13.2 Å². The minimum atomic E-state index is -3.72. The molecule has 32 heavy (non-hydrogen) atoms. The fourth-order valence-corrected chi connectivity index (χ4v) is 5.12. The van der Waals surface area contributed by atoms with Crippen molar-refractivity contribution in [3.8, 4) is 5.82 Å². The lowest BCUT2D eigenvalue weighted by Crippen LogP contribution is -2.52. The molecule has 0 saturated carbocycles. The second kappa shape index (κ2) is 9.45. The first-order valence-corrected chi connectivity index (χ1v) is 12.0. The van der Waals surface area contributed by atoms with Gasteiger partial charge in [0.15, 0.2) is 5.82 Å². The van der Waals surface area contributed by atoms with Crippen LogP contribution in [0.1, 0.15) is 5.56 Å². The fraction of sp³-hybridized carbons (Fsp3) is 0.250. The first-order valence-electron chi connectivity index (χ1n) is 9.77. The van der Waals surface area contributed by atoms with Gasteiger partial charge in [0, 0.05) is 51.3 Å². The van der Waals surface area contributed by atoms with Crippen LogP contribution in [0.4, 0.5) is 4.79 Å². The Bertz CT molecular complexity index is 1210. The SMILES string of the molecule is O=C(NCc1ccnc(-n2cccn2)c1)N1CCN(S(=O)(=O)c2ccc(Cl)c(Cl)c2)CC1. The molecule has 1 saturated heterocycles. The van der Waals surface area contributed by atoms with Gasteiger partial charge in [0.1, 0.15) is 0 Å². The average Bonchev–Trinajstić information content (AvgIpc) is 3.34. The normalized spacial score (nSPS) is 15.0. The highest BCUT2D eigenvalue weighted by molar-refractivity contribution is 7.89. The Hall–Kier alpha value is -2.66. The second-order valence-corrected chi connectivity index (χ2v) is 9.85. The number of sulfonamides is 1. The number of nitrogens with zero attached hydrogens (tertiary/aromatic N) is 5. The molecule has 0 aliphatic carbocycles. The van der Waals surface area contributed by atoms with E-state index in [0.29, 0.717) is 12.4 Å². The highest BCUT2D eigenvalue weighted by Gasteiger charge is 2.30. The molecule has 4 rings (SSSR count). The van der Waals surface area contributed by atoms with E-state index in [0.717, 1.165) is 5.56 Å². The molecule has 1 aliphatic rings. The van der Waals surface area contributed by atoms with E-state index < -0.39 is 10.0 Å². The summed E-state index contributed by atoms with van der Waals surface area (Å²) in [5.41, 5.74) is 0.875. The van der Waals surface area contributed by atoms with E-state index >= 15 is 0 Å². The Morgan fingerprint density at radius 3 is 2.50 bits per heavy atom. The lowest BCUT2D eigenvalue weighted by molar-refractivity contribution is 0.172. The highest BCUT2D eigenvalue weighted by atomic mass is 35.5. The zero-order valence-corrected chi connectivity index (χ0v) is 19.2. The number of amides is 2. The third-order valence-electron chi connectivity index (χ3n) is 5.05. The maximum Gasteiger partial charge on any atom is 0.317 e. The molecular weight excluding hydrogens is 475 g/mol. The predicted molar refractivity (Wildman–Crippen MR) is 120 cm³/mol. The lowest BCUT2D eigenvalue weighted by atomic mass is 10.2. The Labute approximate surface area is 195 Å². The van der Waals surface area contributed by atoms with E-state index in [1.165, 1.54) is 22.5 Å². The van der Waals surface area contributed by atoms with Crippen molar-refractivity contribution in [2.45, 2.75) is 11.4 Å². The van der Waals surface area contributed by atoms with Gasteiger partial charge in [-0.15, -0.1) is 0 Å². The minimum Gasteiger partial charge on any atom is -0.334 e. The third kappa shape index (κ3) is 4.88. The number of carbonyl (C=O) groups excluding carboxylic acids is 1. The summed E-state index contributed by atoms with van der Waals surface area (Å²) >= 11 is 11.8. The number of urea groups is 1. The monoisotopic (exact) mass is 494 g/mol. The molecule has 2 aromatic heterocycles. The molecule has 12 heteroatoms. The van der Waals surface area contributed by atoms with Gasteiger partial charge in [0.05, 0.1) is 14.9 Å². The van der Waals surface area contributed by atoms with Crippen LogP contribution >= 0.6 is 23.2 Å². The Morgan fingerprint density at radius 2 is 1.81 bits per heavy atom. The molecule has 1 fully saturated rings. The Morgan fingerprint density at radius 1 is 1.03 bits per heavy atom. The van der Waals surface area contributed by atoms with Crippen LogP contribution in [0.5, 0.6) is 0 Å². The van der Waals surface area contributed by atoms with E-state index in [4.69, 9.17) is 23.2 Å². The molecule has 1 aliphatic heterocycles. The standard InChI is InChI=1S/C20H20Cl2N6O3S/c21-17-3-2-16(13-18(17)22)32(30,31)27-10-8-26(9-11-27)20(29)24-14-15-4-6-23-19(12-15)28-7-1-5-25-28/h1-7,12-13H,8-11,14H2,(H,24,29). The molecule has 0 spiro atoms. The number of rotatable bonds is 5. The summed E-state index contributed by atoms with van der Waals surface area (Å²) in [7, 11) is -3.72. The molecule has 3 aromatic rings. The van der Waals surface area contributed by atoms with Crippen LogP contribution < -0.4 is 5.32 Å². The Balaban J connectivity index is 1.33. The number of aromatic nitrogens is 3. The minimum absolute atomic E-state index is 0.0791. The Kier molecular flexibility index (Phi) is 6.66. The van der Waals surface area contributed by atoms with Gasteiger partial charge in [-0.2, -0.15) is 9.40 Å². The van der Waals surface area contributed by atoms with Crippen LogP contribution in [-0.2, 0) is 16.6 Å². The second-order valence-electron chi connectivity index (χ2n) is 7.10. The van der Waals surface area contributed by atoms with Gasteiger partial charge < -0.3 is 10.2 Å². The van der Waals surface area contributed by atoms with Gasteiger partial charge in [-0.3, -0.25) is 0 Å². The molecule has 168 valence electrons. The molecule has 9 nitrogen and oxygen atoms in total. The van der Waals surface area contributed by atoms with Crippen molar-refractivity contribution in [1.29, 1.82) is 0 Å². The van der Waals surface area contributed by atoms with Gasteiger partial charge in [-0.25, -0.2) is 22.9 Å². The van der Waals surface area contributed by atoms with Crippen LogP contribution in [0, 0.1) is 0 Å². The zero-order chi connectivity index (χ0) is 22.7. The number of pyridine rings is 1. The molecule has 0 unspecified atom stereocenters. The summed E-state index contributed by atoms with van der Waals surface area (Å²) in [6, 6.07) is 9.42. The van der Waals surface area contributed by atoms with E-state index in [1.807, 2.05) is 12.1 Å². The average molecular weight is 495 g/mol. The third-order valence-corrected chi connectivity index (χ3v) is 7.68. The van der Waals surface area contributed by atoms with Crippen molar-refractivity contribution in [3.05, 3.63) is 70.6 Å². The number of nitrogens with one attached hydrogen (secondary N) is 1. The molecule has 1 N–H and O–H groups in total. The molecule has 0 bridgehead atoms. The molecule has 0 radical (unpaired) electrons. The van der Waals surface area contributed by atoms with Crippen LogP contribution in [-0.4, -0.2) is 64.6 Å². The molecule has 0 atom stereocenters. The van der Waals surface area contributed by atoms with Gasteiger partial charge in [-0.1, -0.05) is 23.2 Å². The number of hydrogen-bond acceptors (Lipinski definition) is 5. The summed E-state index contributed by atoms with van der Waals surface area (Å²) in [4.78, 5) is 18.5. The van der Waals surface area contributed by atoms with Crippen LogP contribution in [0.2, 0.25) is 10.0 Å². The number of hydrogen-bond donors (Lipinski definition) is 1. The smallest absolute Gasteiger partial charge is 0.317 e. The first kappa shape index (κ1) is 22.5. The fourth-order valence-electron chi connectivity index (χ4n) is 3.31. The van der Waals surface area contributed by atoms with Gasteiger partial charge in [0.2, 0.25) is 10.0 Å². The van der Waals surface area contributed by atoms with Crippen molar-refractivity contribution in [3.63, 3.8) is 0 Å². The maximum atomic E-state index is 12.9. The molecule has 1 aromatic carbocycles. The highest BCUT2D eigenvalue weighted by Crippen LogP contribution is 2.27. The van der Waals surface area contributed by atoms with Crippen LogP contribution in [0.15, 0.2) is 59.9 Å². The van der Waals surface area contributed by atoms with Gasteiger partial charge >= 0.3 is 6.03 Å². The predicted octanol–water partition coefficient (Wildman–Crippen LogP) is 2.79.